The molecular formula is C17H19F3N2OS. The van der Waals surface area contributed by atoms with Crippen molar-refractivity contribution < 1.29 is 18.0 Å². The van der Waals surface area contributed by atoms with Crippen LogP contribution in [-0.4, -0.2) is 23.7 Å². The molecule has 1 heterocycles. The van der Waals surface area contributed by atoms with Crippen LogP contribution in [-0.2, 0) is 6.18 Å². The first-order chi connectivity index (χ1) is 11.0. The molecule has 0 aliphatic rings. The Balaban J connectivity index is 2.43. The van der Waals surface area contributed by atoms with Gasteiger partial charge in [-0.1, -0.05) is 26.8 Å². The molecule has 0 bridgehead atoms. The quantitative estimate of drug-likeness (QED) is 0.807. The van der Waals surface area contributed by atoms with Gasteiger partial charge in [0.1, 0.15) is 5.03 Å². The lowest BCUT2D eigenvalue weighted by molar-refractivity contribution is -0.137. The van der Waals surface area contributed by atoms with E-state index in [0.717, 1.165) is 12.1 Å². The first kappa shape index (κ1) is 18.6. The molecule has 0 fully saturated rings. The SMILES string of the molecule is CSc1nc2cc(C(F)(F)F)ccc2cc1C(=O)NCC(C)(C)C. The summed E-state index contributed by atoms with van der Waals surface area (Å²) in [5, 5.41) is 3.75. The lowest BCUT2D eigenvalue weighted by atomic mass is 9.97. The molecule has 3 nitrogen and oxygen atoms in total. The number of fused-ring (bicyclic) bond motifs is 1. The summed E-state index contributed by atoms with van der Waals surface area (Å²) in [5.74, 6) is -0.274. The minimum Gasteiger partial charge on any atom is -0.351 e. The predicted molar refractivity (Wildman–Crippen MR) is 90.3 cm³/mol. The van der Waals surface area contributed by atoms with Crippen molar-refractivity contribution in [2.24, 2.45) is 5.41 Å². The van der Waals surface area contributed by atoms with Crippen molar-refractivity contribution in [3.05, 3.63) is 35.4 Å². The molecule has 0 radical (unpaired) electrons. The first-order valence-electron chi connectivity index (χ1n) is 7.35. The standard InChI is InChI=1S/C17H19F3N2OS/c1-16(2,3)9-21-14(23)12-7-10-5-6-11(17(18,19)20)8-13(10)22-15(12)24-4/h5-8H,9H2,1-4H3,(H,21,23). The Morgan fingerprint density at radius 1 is 1.21 bits per heavy atom. The van der Waals surface area contributed by atoms with Crippen molar-refractivity contribution in [3.63, 3.8) is 0 Å². The fourth-order valence-electron chi connectivity index (χ4n) is 2.08. The van der Waals surface area contributed by atoms with Gasteiger partial charge in [-0.05, 0) is 29.9 Å². The number of carbonyl (C=O) groups excluding carboxylic acids is 1. The van der Waals surface area contributed by atoms with Crippen LogP contribution in [0.1, 0.15) is 36.7 Å². The van der Waals surface area contributed by atoms with Gasteiger partial charge in [-0.3, -0.25) is 4.79 Å². The predicted octanol–water partition coefficient (Wildman–Crippen LogP) is 4.75. The lowest BCUT2D eigenvalue weighted by Crippen LogP contribution is -2.32. The number of nitrogens with one attached hydrogen (secondary N) is 1. The van der Waals surface area contributed by atoms with Crippen LogP contribution in [0, 0.1) is 5.41 Å². The van der Waals surface area contributed by atoms with Crippen LogP contribution in [0.3, 0.4) is 0 Å². The van der Waals surface area contributed by atoms with Gasteiger partial charge in [-0.25, -0.2) is 4.98 Å². The molecule has 24 heavy (non-hydrogen) atoms. The van der Waals surface area contributed by atoms with E-state index in [-0.39, 0.29) is 16.8 Å². The normalized spacial score (nSPS) is 12.5. The smallest absolute Gasteiger partial charge is 0.351 e. The fourth-order valence-corrected chi connectivity index (χ4v) is 2.65. The Morgan fingerprint density at radius 2 is 1.88 bits per heavy atom. The van der Waals surface area contributed by atoms with Crippen LogP contribution >= 0.6 is 11.8 Å². The zero-order chi connectivity index (χ0) is 18.1. The molecule has 0 aliphatic carbocycles. The molecule has 0 spiro atoms. The van der Waals surface area contributed by atoms with Gasteiger partial charge in [0.15, 0.2) is 0 Å². The summed E-state index contributed by atoms with van der Waals surface area (Å²) in [7, 11) is 0. The number of halogens is 3. The van der Waals surface area contributed by atoms with E-state index in [1.165, 1.54) is 17.8 Å². The summed E-state index contributed by atoms with van der Waals surface area (Å²) in [6.45, 7) is 6.49. The van der Waals surface area contributed by atoms with Crippen molar-refractivity contribution in [3.8, 4) is 0 Å². The molecule has 130 valence electrons. The second kappa shape index (κ2) is 6.63. The molecule has 0 unspecified atom stereocenters. The van der Waals surface area contributed by atoms with E-state index < -0.39 is 11.7 Å². The van der Waals surface area contributed by atoms with Crippen LogP contribution in [0.25, 0.3) is 10.9 Å². The van der Waals surface area contributed by atoms with Crippen molar-refractivity contribution in [1.82, 2.24) is 10.3 Å². The highest BCUT2D eigenvalue weighted by molar-refractivity contribution is 7.98. The van der Waals surface area contributed by atoms with E-state index in [9.17, 15) is 18.0 Å². The summed E-state index contributed by atoms with van der Waals surface area (Å²) in [6, 6.07) is 4.94. The van der Waals surface area contributed by atoms with E-state index in [1.807, 2.05) is 20.8 Å². The van der Waals surface area contributed by atoms with Crippen LogP contribution in [0.5, 0.6) is 0 Å². The molecule has 2 rings (SSSR count). The van der Waals surface area contributed by atoms with Gasteiger partial charge in [0.2, 0.25) is 0 Å². The second-order valence-electron chi connectivity index (χ2n) is 6.69. The highest BCUT2D eigenvalue weighted by Gasteiger charge is 2.30. The zero-order valence-corrected chi connectivity index (χ0v) is 14.7. The molecule has 2 aromatic rings. The molecule has 7 heteroatoms. The van der Waals surface area contributed by atoms with Gasteiger partial charge in [0, 0.05) is 11.9 Å². The number of carbonyl (C=O) groups is 1. The third-order valence-corrected chi connectivity index (χ3v) is 4.03. The topological polar surface area (TPSA) is 42.0 Å². The number of benzene rings is 1. The maximum Gasteiger partial charge on any atom is 0.416 e. The number of nitrogens with zero attached hydrogens (tertiary/aromatic N) is 1. The number of hydrogen-bond acceptors (Lipinski definition) is 3. The van der Waals surface area contributed by atoms with E-state index in [2.05, 4.69) is 10.3 Å². The monoisotopic (exact) mass is 356 g/mol. The molecule has 0 saturated carbocycles. The molecule has 1 aromatic heterocycles. The minimum absolute atomic E-state index is 0.0684. The largest absolute Gasteiger partial charge is 0.416 e. The molecule has 1 aromatic carbocycles. The molecule has 0 saturated heterocycles. The Bertz CT molecular complexity index is 767. The highest BCUT2D eigenvalue weighted by Crippen LogP contribution is 2.32. The maximum absolute atomic E-state index is 12.8. The van der Waals surface area contributed by atoms with Crippen molar-refractivity contribution >= 4 is 28.6 Å². The summed E-state index contributed by atoms with van der Waals surface area (Å²) in [6.07, 6.45) is -2.68. The Labute approximate surface area is 143 Å². The third-order valence-electron chi connectivity index (χ3n) is 3.33. The number of hydrogen-bond donors (Lipinski definition) is 1. The summed E-state index contributed by atoms with van der Waals surface area (Å²) >= 11 is 1.23. The number of pyridine rings is 1. The Hall–Kier alpha value is -1.76. The van der Waals surface area contributed by atoms with Crippen LogP contribution in [0.2, 0.25) is 0 Å². The van der Waals surface area contributed by atoms with Crippen LogP contribution in [0.4, 0.5) is 13.2 Å². The van der Waals surface area contributed by atoms with Gasteiger partial charge in [0.25, 0.3) is 5.91 Å². The number of thioether (sulfide) groups is 1. The summed E-state index contributed by atoms with van der Waals surface area (Å²) in [4.78, 5) is 16.6. The summed E-state index contributed by atoms with van der Waals surface area (Å²) < 4.78 is 38.5. The number of alkyl halides is 3. The van der Waals surface area contributed by atoms with Crippen LogP contribution < -0.4 is 5.32 Å². The molecule has 1 N–H and O–H groups in total. The molecule has 0 aliphatic heterocycles. The van der Waals surface area contributed by atoms with Crippen LogP contribution in [0.15, 0.2) is 29.3 Å². The highest BCUT2D eigenvalue weighted by atomic mass is 32.2. The number of amides is 1. The van der Waals surface area contributed by atoms with E-state index in [0.29, 0.717) is 22.5 Å². The van der Waals surface area contributed by atoms with Crippen molar-refractivity contribution in [1.29, 1.82) is 0 Å². The Kier molecular flexibility index (Phi) is 5.13. The number of rotatable bonds is 3. The minimum atomic E-state index is -4.42. The molecular weight excluding hydrogens is 337 g/mol. The lowest BCUT2D eigenvalue weighted by Gasteiger charge is -2.19. The van der Waals surface area contributed by atoms with Gasteiger partial charge in [-0.15, -0.1) is 11.8 Å². The van der Waals surface area contributed by atoms with E-state index in [1.54, 1.807) is 12.3 Å². The summed E-state index contributed by atoms with van der Waals surface area (Å²) in [5.41, 5.74) is -0.221. The van der Waals surface area contributed by atoms with E-state index >= 15 is 0 Å². The van der Waals surface area contributed by atoms with Gasteiger partial charge in [0.05, 0.1) is 16.6 Å². The van der Waals surface area contributed by atoms with Gasteiger partial charge >= 0.3 is 6.18 Å². The molecule has 1 amide bonds. The maximum atomic E-state index is 12.8. The third kappa shape index (κ3) is 4.41. The fraction of sp³-hybridized carbons (Fsp3) is 0.412. The average Bonchev–Trinajstić information content (AvgIpc) is 2.49. The van der Waals surface area contributed by atoms with Crippen molar-refractivity contribution in [2.45, 2.75) is 32.0 Å². The van der Waals surface area contributed by atoms with Crippen molar-refractivity contribution in [2.75, 3.05) is 12.8 Å². The number of aromatic nitrogens is 1. The molecule has 0 atom stereocenters. The van der Waals surface area contributed by atoms with Gasteiger partial charge in [-0.2, -0.15) is 13.2 Å². The van der Waals surface area contributed by atoms with Gasteiger partial charge < -0.3 is 5.32 Å². The second-order valence-corrected chi connectivity index (χ2v) is 7.49. The first-order valence-corrected chi connectivity index (χ1v) is 8.58. The average molecular weight is 356 g/mol. The van der Waals surface area contributed by atoms with E-state index in [4.69, 9.17) is 0 Å². The zero-order valence-electron chi connectivity index (χ0n) is 13.9. The Morgan fingerprint density at radius 3 is 2.42 bits per heavy atom.